The van der Waals surface area contributed by atoms with Crippen LogP contribution in [-0.2, 0) is 11.2 Å². The Bertz CT molecular complexity index is 773. The minimum Gasteiger partial charge on any atom is -0.493 e. The van der Waals surface area contributed by atoms with Gasteiger partial charge in [-0.25, -0.2) is 0 Å². The third-order valence-corrected chi connectivity index (χ3v) is 4.34. The second-order valence-electron chi connectivity index (χ2n) is 5.90. The minimum absolute atomic E-state index is 0.0311. The van der Waals surface area contributed by atoms with E-state index in [-0.39, 0.29) is 6.42 Å². The van der Waals surface area contributed by atoms with Crippen molar-refractivity contribution in [2.24, 2.45) is 0 Å². The van der Waals surface area contributed by atoms with Gasteiger partial charge in [0.15, 0.2) is 11.5 Å². The Kier molecular flexibility index (Phi) is 7.16. The molecule has 1 N–H and O–H groups in total. The van der Waals surface area contributed by atoms with Crippen LogP contribution in [0.3, 0.4) is 0 Å². The van der Waals surface area contributed by atoms with Crippen LogP contribution >= 0.6 is 11.6 Å². The number of carboxylic acids is 1. The van der Waals surface area contributed by atoms with E-state index in [1.807, 2.05) is 32.0 Å². The van der Waals surface area contributed by atoms with Gasteiger partial charge < -0.3 is 19.3 Å². The van der Waals surface area contributed by atoms with Gasteiger partial charge in [-0.3, -0.25) is 4.79 Å². The molecule has 0 aliphatic carbocycles. The third-order valence-electron chi connectivity index (χ3n) is 4.06. The van der Waals surface area contributed by atoms with Crippen molar-refractivity contribution in [3.63, 3.8) is 0 Å². The fraction of sp³-hybridized carbons (Fsp3) is 0.350. The highest BCUT2D eigenvalue weighted by Gasteiger charge is 2.13. The normalized spacial score (nSPS) is 10.5. The molecule has 6 heteroatoms. The van der Waals surface area contributed by atoms with Gasteiger partial charge in [-0.05, 0) is 55.2 Å². The number of carboxylic acid groups (broad SMARTS) is 1. The number of aryl methyl sites for hydroxylation is 2. The molecule has 0 aromatic heterocycles. The van der Waals surface area contributed by atoms with E-state index in [9.17, 15) is 4.79 Å². The predicted octanol–water partition coefficient (Wildman–Crippen LogP) is 4.44. The first-order valence-corrected chi connectivity index (χ1v) is 8.70. The fourth-order valence-corrected chi connectivity index (χ4v) is 2.77. The molecule has 0 aliphatic heterocycles. The van der Waals surface area contributed by atoms with Crippen molar-refractivity contribution in [2.45, 2.75) is 26.7 Å². The van der Waals surface area contributed by atoms with E-state index in [4.69, 9.17) is 30.9 Å². The molecule has 0 saturated carbocycles. The van der Waals surface area contributed by atoms with Gasteiger partial charge >= 0.3 is 5.97 Å². The highest BCUT2D eigenvalue weighted by atomic mass is 35.5. The van der Waals surface area contributed by atoms with Crippen LogP contribution < -0.4 is 14.2 Å². The predicted molar refractivity (Wildman–Crippen MR) is 101 cm³/mol. The van der Waals surface area contributed by atoms with E-state index in [0.29, 0.717) is 36.2 Å². The topological polar surface area (TPSA) is 65.0 Å². The Morgan fingerprint density at radius 3 is 2.54 bits per heavy atom. The second-order valence-corrected chi connectivity index (χ2v) is 6.30. The molecule has 0 radical (unpaired) electrons. The molecule has 0 unspecified atom stereocenters. The number of benzene rings is 2. The van der Waals surface area contributed by atoms with E-state index < -0.39 is 5.97 Å². The lowest BCUT2D eigenvalue weighted by Crippen LogP contribution is -2.11. The van der Waals surface area contributed by atoms with Crippen LogP contribution in [0.25, 0.3) is 0 Å². The highest BCUT2D eigenvalue weighted by molar-refractivity contribution is 6.32. The Morgan fingerprint density at radius 2 is 1.85 bits per heavy atom. The summed E-state index contributed by atoms with van der Waals surface area (Å²) in [6.45, 7) is 4.72. The van der Waals surface area contributed by atoms with Crippen molar-refractivity contribution >= 4 is 17.6 Å². The second kappa shape index (κ2) is 9.34. The maximum Gasteiger partial charge on any atom is 0.303 e. The summed E-state index contributed by atoms with van der Waals surface area (Å²) >= 11 is 6.28. The van der Waals surface area contributed by atoms with Crippen LogP contribution in [0.15, 0.2) is 30.3 Å². The first-order valence-electron chi connectivity index (χ1n) is 8.32. The summed E-state index contributed by atoms with van der Waals surface area (Å²) in [5.74, 6) is 0.877. The number of ether oxygens (including phenoxy) is 3. The summed E-state index contributed by atoms with van der Waals surface area (Å²) in [5.41, 5.74) is 3.06. The average Bonchev–Trinajstić information content (AvgIpc) is 2.61. The third kappa shape index (κ3) is 5.30. The van der Waals surface area contributed by atoms with E-state index in [0.717, 1.165) is 16.9 Å². The standard InChI is InChI=1S/C20H23ClO5/c1-13-5-4-6-17(14(13)2)25-9-10-26-20-16(21)11-15(7-8-19(22)23)12-18(20)24-3/h4-6,11-12H,7-10H2,1-3H3,(H,22,23). The molecule has 0 fully saturated rings. The molecule has 0 heterocycles. The van der Waals surface area contributed by atoms with Crippen LogP contribution in [0.4, 0.5) is 0 Å². The first-order chi connectivity index (χ1) is 12.4. The van der Waals surface area contributed by atoms with Crippen molar-refractivity contribution in [1.29, 1.82) is 0 Å². The van der Waals surface area contributed by atoms with Crippen molar-refractivity contribution < 1.29 is 24.1 Å². The molecule has 26 heavy (non-hydrogen) atoms. The lowest BCUT2D eigenvalue weighted by molar-refractivity contribution is -0.136. The maximum absolute atomic E-state index is 10.7. The molecule has 5 nitrogen and oxygen atoms in total. The number of hydrogen-bond donors (Lipinski definition) is 1. The largest absolute Gasteiger partial charge is 0.493 e. The highest BCUT2D eigenvalue weighted by Crippen LogP contribution is 2.36. The molecule has 140 valence electrons. The smallest absolute Gasteiger partial charge is 0.303 e. The number of aliphatic carboxylic acids is 1. The van der Waals surface area contributed by atoms with Crippen LogP contribution in [0.1, 0.15) is 23.1 Å². The summed E-state index contributed by atoms with van der Waals surface area (Å²) in [6.07, 6.45) is 0.408. The van der Waals surface area contributed by atoms with E-state index >= 15 is 0 Å². The van der Waals surface area contributed by atoms with E-state index in [1.54, 1.807) is 12.1 Å². The number of hydrogen-bond acceptors (Lipinski definition) is 4. The van der Waals surface area contributed by atoms with Gasteiger partial charge in [0.05, 0.1) is 12.1 Å². The molecule has 2 rings (SSSR count). The average molecular weight is 379 g/mol. The summed E-state index contributed by atoms with van der Waals surface area (Å²) in [4.78, 5) is 10.7. The van der Waals surface area contributed by atoms with Gasteiger partial charge in [0, 0.05) is 6.42 Å². The molecule has 0 bridgehead atoms. The lowest BCUT2D eigenvalue weighted by atomic mass is 10.1. The molecular formula is C20H23ClO5. The van der Waals surface area contributed by atoms with Crippen molar-refractivity contribution in [3.8, 4) is 17.2 Å². The van der Waals surface area contributed by atoms with Gasteiger partial charge in [0.2, 0.25) is 0 Å². The molecule has 0 saturated heterocycles. The Balaban J connectivity index is 1.98. The summed E-state index contributed by atoms with van der Waals surface area (Å²) in [5, 5.41) is 9.18. The maximum atomic E-state index is 10.7. The molecule has 2 aromatic rings. The van der Waals surface area contributed by atoms with Crippen molar-refractivity contribution in [3.05, 3.63) is 52.0 Å². The van der Waals surface area contributed by atoms with Gasteiger partial charge in [-0.2, -0.15) is 0 Å². The molecule has 0 aliphatic rings. The summed E-state index contributed by atoms with van der Waals surface area (Å²) in [6, 6.07) is 9.36. The van der Waals surface area contributed by atoms with Gasteiger partial charge in [-0.1, -0.05) is 23.7 Å². The monoisotopic (exact) mass is 378 g/mol. The Morgan fingerprint density at radius 1 is 1.12 bits per heavy atom. The fourth-order valence-electron chi connectivity index (χ4n) is 2.48. The van der Waals surface area contributed by atoms with Crippen LogP contribution in [0, 0.1) is 13.8 Å². The van der Waals surface area contributed by atoms with Crippen molar-refractivity contribution in [2.75, 3.05) is 20.3 Å². The number of methoxy groups -OCH3 is 1. The van der Waals surface area contributed by atoms with Gasteiger partial charge in [0.1, 0.15) is 19.0 Å². The molecular weight excluding hydrogens is 356 g/mol. The van der Waals surface area contributed by atoms with Gasteiger partial charge in [-0.15, -0.1) is 0 Å². The van der Waals surface area contributed by atoms with Crippen LogP contribution in [0.2, 0.25) is 5.02 Å². The summed E-state index contributed by atoms with van der Waals surface area (Å²) < 4.78 is 16.8. The molecule has 2 aromatic carbocycles. The Hall–Kier alpha value is -2.40. The zero-order valence-corrected chi connectivity index (χ0v) is 15.9. The lowest BCUT2D eigenvalue weighted by Gasteiger charge is -2.15. The zero-order chi connectivity index (χ0) is 19.1. The zero-order valence-electron chi connectivity index (χ0n) is 15.2. The van der Waals surface area contributed by atoms with Crippen molar-refractivity contribution in [1.82, 2.24) is 0 Å². The van der Waals surface area contributed by atoms with E-state index in [1.165, 1.54) is 12.7 Å². The SMILES string of the molecule is COc1cc(CCC(=O)O)cc(Cl)c1OCCOc1cccc(C)c1C. The minimum atomic E-state index is -0.857. The van der Waals surface area contributed by atoms with E-state index in [2.05, 4.69) is 0 Å². The number of carbonyl (C=O) groups is 1. The molecule has 0 amide bonds. The number of rotatable bonds is 9. The quantitative estimate of drug-likeness (QED) is 0.653. The molecule has 0 spiro atoms. The first kappa shape index (κ1) is 19.9. The van der Waals surface area contributed by atoms with Crippen LogP contribution in [0.5, 0.6) is 17.2 Å². The Labute approximate surface area is 158 Å². The summed E-state index contributed by atoms with van der Waals surface area (Å²) in [7, 11) is 1.52. The number of halogens is 1. The van der Waals surface area contributed by atoms with Crippen LogP contribution in [-0.4, -0.2) is 31.4 Å². The van der Waals surface area contributed by atoms with Gasteiger partial charge in [0.25, 0.3) is 0 Å². The molecule has 0 atom stereocenters.